The van der Waals surface area contributed by atoms with Gasteiger partial charge in [-0.05, 0) is 42.7 Å². The second-order valence-corrected chi connectivity index (χ2v) is 7.79. The molecule has 4 aromatic rings. The van der Waals surface area contributed by atoms with Crippen molar-refractivity contribution < 1.29 is 13.6 Å². The number of rotatable bonds is 4. The minimum atomic E-state index is -0.870. The van der Waals surface area contributed by atoms with Crippen LogP contribution in [-0.2, 0) is 6.54 Å². The first-order valence-electron chi connectivity index (χ1n) is 9.06. The molecule has 0 aliphatic carbocycles. The van der Waals surface area contributed by atoms with Gasteiger partial charge in [-0.15, -0.1) is 16.4 Å². The highest BCUT2D eigenvalue weighted by molar-refractivity contribution is 7.21. The van der Waals surface area contributed by atoms with E-state index in [1.54, 1.807) is 24.3 Å². The summed E-state index contributed by atoms with van der Waals surface area (Å²) in [6.45, 7) is 4.01. The van der Waals surface area contributed by atoms with E-state index < -0.39 is 11.9 Å². The van der Waals surface area contributed by atoms with E-state index in [4.69, 9.17) is 5.73 Å². The molecule has 0 unspecified atom stereocenters. The number of hydrogen-bond donors (Lipinski definition) is 2. The number of nitrogens with zero attached hydrogens (tertiary/aromatic N) is 3. The molecule has 30 heavy (non-hydrogen) atoms. The van der Waals surface area contributed by atoms with Gasteiger partial charge in [0.05, 0.1) is 11.4 Å². The van der Waals surface area contributed by atoms with Gasteiger partial charge in [-0.25, -0.2) is 0 Å². The van der Waals surface area contributed by atoms with Gasteiger partial charge in [0.15, 0.2) is 0 Å². The van der Waals surface area contributed by atoms with Crippen LogP contribution >= 0.6 is 11.3 Å². The van der Waals surface area contributed by atoms with Crippen molar-refractivity contribution in [3.8, 4) is 11.1 Å². The fraction of sp³-hybridized carbons (Fsp3) is 0.143. The Kier molecular flexibility index (Phi) is 5.13. The number of nitrogen functional groups attached to an aromatic ring is 1. The summed E-state index contributed by atoms with van der Waals surface area (Å²) in [5, 5.41) is 11.8. The predicted molar refractivity (Wildman–Crippen MR) is 112 cm³/mol. The van der Waals surface area contributed by atoms with Crippen molar-refractivity contribution in [2.45, 2.75) is 20.4 Å². The van der Waals surface area contributed by atoms with Gasteiger partial charge in [-0.3, -0.25) is 4.79 Å². The Labute approximate surface area is 174 Å². The number of nitrogens with one attached hydrogen (secondary N) is 1. The number of fused-ring (bicyclic) bond motifs is 1. The van der Waals surface area contributed by atoms with Crippen molar-refractivity contribution in [3.05, 3.63) is 70.0 Å². The molecule has 0 saturated carbocycles. The number of benzene rings is 1. The highest BCUT2D eigenvalue weighted by Crippen LogP contribution is 2.34. The lowest BCUT2D eigenvalue weighted by atomic mass is 10.1. The number of aromatic nitrogens is 3. The van der Waals surface area contributed by atoms with Gasteiger partial charge in [0, 0.05) is 17.5 Å². The van der Waals surface area contributed by atoms with E-state index in [9.17, 15) is 13.6 Å². The molecule has 0 aliphatic heterocycles. The Hall–Kier alpha value is -3.46. The van der Waals surface area contributed by atoms with Crippen LogP contribution in [-0.4, -0.2) is 21.1 Å². The third-order valence-corrected chi connectivity index (χ3v) is 5.96. The maximum absolute atomic E-state index is 13.8. The van der Waals surface area contributed by atoms with Crippen molar-refractivity contribution in [1.82, 2.24) is 20.5 Å². The lowest BCUT2D eigenvalue weighted by Crippen LogP contribution is -2.22. The molecule has 0 aliphatic rings. The molecule has 0 radical (unpaired) electrons. The molecule has 0 spiro atoms. The van der Waals surface area contributed by atoms with Crippen LogP contribution in [0.3, 0.4) is 0 Å². The zero-order valence-corrected chi connectivity index (χ0v) is 17.0. The molecule has 0 atom stereocenters. The summed E-state index contributed by atoms with van der Waals surface area (Å²) in [7, 11) is 0. The number of pyridine rings is 1. The van der Waals surface area contributed by atoms with Gasteiger partial charge in [-0.1, -0.05) is 24.3 Å². The van der Waals surface area contributed by atoms with E-state index in [1.807, 2.05) is 13.8 Å². The average Bonchev–Trinajstić information content (AvgIpc) is 3.07. The SMILES string of the molecule is Cc1nnc2sc(C(=O)NCc3ccc(-c4ccc(F)nc4F)cc3)c(N)c2c1C. The minimum absolute atomic E-state index is 0.205. The zero-order chi connectivity index (χ0) is 21.4. The fourth-order valence-electron chi connectivity index (χ4n) is 3.10. The van der Waals surface area contributed by atoms with Gasteiger partial charge < -0.3 is 11.1 Å². The first kappa shape index (κ1) is 19.8. The van der Waals surface area contributed by atoms with Crippen LogP contribution in [0.15, 0.2) is 36.4 Å². The number of carbonyl (C=O) groups is 1. The molecule has 0 bridgehead atoms. The van der Waals surface area contributed by atoms with E-state index in [0.717, 1.165) is 28.3 Å². The maximum Gasteiger partial charge on any atom is 0.263 e. The van der Waals surface area contributed by atoms with Crippen molar-refractivity contribution >= 4 is 33.1 Å². The van der Waals surface area contributed by atoms with Crippen LogP contribution in [0.1, 0.15) is 26.5 Å². The second kappa shape index (κ2) is 7.75. The molecule has 3 N–H and O–H groups in total. The highest BCUT2D eigenvalue weighted by Gasteiger charge is 2.19. The van der Waals surface area contributed by atoms with Crippen LogP contribution in [0.25, 0.3) is 21.3 Å². The third kappa shape index (κ3) is 3.59. The van der Waals surface area contributed by atoms with Crippen molar-refractivity contribution in [2.75, 3.05) is 5.73 Å². The molecule has 0 fully saturated rings. The summed E-state index contributed by atoms with van der Waals surface area (Å²) in [6, 6.07) is 9.34. The standard InChI is InChI=1S/C21H17F2N5OS/c1-10-11(2)27-28-21-16(10)17(24)18(30-21)20(29)25-9-12-3-5-13(6-4-12)14-7-8-15(22)26-19(14)23/h3-8H,9,24H2,1-2H3,(H,25,29). The van der Waals surface area contributed by atoms with Gasteiger partial charge in [0.1, 0.15) is 9.71 Å². The largest absolute Gasteiger partial charge is 0.397 e. The molecule has 3 aromatic heterocycles. The number of amides is 1. The Morgan fingerprint density at radius 2 is 1.83 bits per heavy atom. The van der Waals surface area contributed by atoms with E-state index in [2.05, 4.69) is 20.5 Å². The molecular formula is C21H17F2N5OS. The molecule has 1 aromatic carbocycles. The van der Waals surface area contributed by atoms with Crippen LogP contribution in [0.5, 0.6) is 0 Å². The Bertz CT molecular complexity index is 1270. The quantitative estimate of drug-likeness (QED) is 0.479. The Balaban J connectivity index is 1.50. The first-order chi connectivity index (χ1) is 14.3. The Morgan fingerprint density at radius 1 is 1.10 bits per heavy atom. The summed E-state index contributed by atoms with van der Waals surface area (Å²) in [5.74, 6) is -2.04. The van der Waals surface area contributed by atoms with Gasteiger partial charge >= 0.3 is 0 Å². The molecule has 1 amide bonds. The van der Waals surface area contributed by atoms with Crippen molar-refractivity contribution in [2.24, 2.45) is 0 Å². The summed E-state index contributed by atoms with van der Waals surface area (Å²) in [4.78, 5) is 16.9. The van der Waals surface area contributed by atoms with Crippen LogP contribution in [0, 0.1) is 25.7 Å². The topological polar surface area (TPSA) is 93.8 Å². The van der Waals surface area contributed by atoms with Gasteiger partial charge in [-0.2, -0.15) is 18.9 Å². The lowest BCUT2D eigenvalue weighted by molar-refractivity contribution is 0.0956. The maximum atomic E-state index is 13.8. The zero-order valence-electron chi connectivity index (χ0n) is 16.2. The smallest absolute Gasteiger partial charge is 0.263 e. The summed E-state index contributed by atoms with van der Waals surface area (Å²) < 4.78 is 26.8. The number of aryl methyl sites for hydroxylation is 2. The second-order valence-electron chi connectivity index (χ2n) is 6.79. The monoisotopic (exact) mass is 425 g/mol. The van der Waals surface area contributed by atoms with Crippen molar-refractivity contribution in [1.29, 1.82) is 0 Å². The summed E-state index contributed by atoms with van der Waals surface area (Å²) in [6.07, 6.45) is 0. The van der Waals surface area contributed by atoms with Gasteiger partial charge in [0.25, 0.3) is 5.91 Å². The third-order valence-electron chi connectivity index (χ3n) is 4.87. The predicted octanol–water partition coefficient (Wildman–Crippen LogP) is 4.16. The van der Waals surface area contributed by atoms with E-state index in [0.29, 0.717) is 21.0 Å². The number of hydrogen-bond acceptors (Lipinski definition) is 6. The number of nitrogens with two attached hydrogens (primary N) is 1. The highest BCUT2D eigenvalue weighted by atomic mass is 32.1. The number of halogens is 2. The van der Waals surface area contributed by atoms with Gasteiger partial charge in [0.2, 0.25) is 11.9 Å². The molecule has 9 heteroatoms. The molecule has 0 saturated heterocycles. The number of thiophene rings is 1. The molecule has 152 valence electrons. The molecular weight excluding hydrogens is 408 g/mol. The average molecular weight is 425 g/mol. The lowest BCUT2D eigenvalue weighted by Gasteiger charge is -2.07. The summed E-state index contributed by atoms with van der Waals surface area (Å²) >= 11 is 1.20. The van der Waals surface area contributed by atoms with E-state index in [-0.39, 0.29) is 18.0 Å². The normalized spacial score (nSPS) is 11.1. The van der Waals surface area contributed by atoms with Crippen LogP contribution in [0.2, 0.25) is 0 Å². The van der Waals surface area contributed by atoms with Crippen LogP contribution < -0.4 is 11.1 Å². The summed E-state index contributed by atoms with van der Waals surface area (Å²) in [5.41, 5.74) is 9.86. The number of carbonyl (C=O) groups excluding carboxylic acids is 1. The molecule has 6 nitrogen and oxygen atoms in total. The first-order valence-corrected chi connectivity index (χ1v) is 9.88. The Morgan fingerprint density at radius 3 is 2.53 bits per heavy atom. The van der Waals surface area contributed by atoms with E-state index in [1.165, 1.54) is 17.4 Å². The molecule has 4 rings (SSSR count). The number of anilines is 1. The molecule has 3 heterocycles. The van der Waals surface area contributed by atoms with Crippen LogP contribution in [0.4, 0.5) is 14.5 Å². The van der Waals surface area contributed by atoms with Crippen molar-refractivity contribution in [3.63, 3.8) is 0 Å². The van der Waals surface area contributed by atoms with E-state index >= 15 is 0 Å². The minimum Gasteiger partial charge on any atom is -0.397 e. The fourth-order valence-corrected chi connectivity index (χ4v) is 4.12.